The van der Waals surface area contributed by atoms with Crippen molar-refractivity contribution in [3.05, 3.63) is 70.3 Å². The van der Waals surface area contributed by atoms with E-state index in [1.807, 2.05) is 50.2 Å². The third-order valence-electron chi connectivity index (χ3n) is 7.18. The molecule has 6 rings (SSSR count). The van der Waals surface area contributed by atoms with Gasteiger partial charge in [-0.25, -0.2) is 4.98 Å². The largest absolute Gasteiger partial charge is 0.377 e. The quantitative estimate of drug-likeness (QED) is 0.389. The van der Waals surface area contributed by atoms with Crippen LogP contribution in [-0.2, 0) is 16.0 Å². The molecule has 2 aliphatic heterocycles. The number of nitrogens with zero attached hydrogens (tertiary/aromatic N) is 4. The lowest BCUT2D eigenvalue weighted by atomic mass is 9.97. The van der Waals surface area contributed by atoms with Crippen LogP contribution in [-0.4, -0.2) is 64.6 Å². The zero-order chi connectivity index (χ0) is 26.1. The number of benzene rings is 1. The molecule has 1 atom stereocenters. The van der Waals surface area contributed by atoms with Crippen LogP contribution in [0.3, 0.4) is 0 Å². The fourth-order valence-corrected chi connectivity index (χ4v) is 5.04. The second kappa shape index (κ2) is 10.6. The molecule has 0 spiro atoms. The van der Waals surface area contributed by atoms with Gasteiger partial charge in [-0.1, -0.05) is 18.2 Å². The molecule has 0 bridgehead atoms. The van der Waals surface area contributed by atoms with E-state index in [-0.39, 0.29) is 17.7 Å². The highest BCUT2D eigenvalue weighted by Gasteiger charge is 2.21. The number of pyridine rings is 2. The van der Waals surface area contributed by atoms with Crippen molar-refractivity contribution >= 4 is 17.0 Å². The lowest BCUT2D eigenvalue weighted by molar-refractivity contribution is 0.0207. The predicted octanol–water partition coefficient (Wildman–Crippen LogP) is 3.33. The Balaban J connectivity index is 1.40. The fraction of sp³-hybridized carbons (Fsp3) is 0.379. The Hall–Kier alpha value is -3.66. The molecule has 0 aliphatic carbocycles. The van der Waals surface area contributed by atoms with Gasteiger partial charge in [0.2, 0.25) is 5.95 Å². The normalized spacial score (nSPS) is 17.9. The van der Waals surface area contributed by atoms with Crippen molar-refractivity contribution in [2.45, 2.75) is 39.0 Å². The van der Waals surface area contributed by atoms with E-state index in [4.69, 9.17) is 14.5 Å². The van der Waals surface area contributed by atoms with E-state index in [2.05, 4.69) is 26.7 Å². The van der Waals surface area contributed by atoms with E-state index in [1.54, 1.807) is 10.8 Å². The maximum atomic E-state index is 14.0. The van der Waals surface area contributed by atoms with E-state index >= 15 is 0 Å². The number of aromatic nitrogens is 4. The molecule has 1 unspecified atom stereocenters. The lowest BCUT2D eigenvalue weighted by Gasteiger charge is -2.27. The van der Waals surface area contributed by atoms with Crippen molar-refractivity contribution in [1.29, 1.82) is 0 Å². The minimum atomic E-state index is -0.0672. The Labute approximate surface area is 221 Å². The predicted molar refractivity (Wildman–Crippen MR) is 147 cm³/mol. The maximum absolute atomic E-state index is 14.0. The zero-order valence-electron chi connectivity index (χ0n) is 21.7. The Kier molecular flexibility index (Phi) is 6.88. The smallest absolute Gasteiger partial charge is 0.260 e. The monoisotopic (exact) mass is 512 g/mol. The van der Waals surface area contributed by atoms with Crippen LogP contribution >= 0.6 is 0 Å². The average molecular weight is 513 g/mol. The van der Waals surface area contributed by atoms with Crippen LogP contribution in [0.2, 0.25) is 0 Å². The lowest BCUT2D eigenvalue weighted by Crippen LogP contribution is -2.41. The number of aryl methyl sites for hydroxylation is 3. The van der Waals surface area contributed by atoms with Gasteiger partial charge in [-0.05, 0) is 55.7 Å². The molecule has 2 saturated heterocycles. The summed E-state index contributed by atoms with van der Waals surface area (Å²) in [5, 5.41) is 7.49. The summed E-state index contributed by atoms with van der Waals surface area (Å²) in [6.45, 7) is 8.11. The van der Waals surface area contributed by atoms with E-state index in [1.165, 1.54) is 0 Å². The average Bonchev–Trinajstić information content (AvgIpc) is 2.91. The first-order chi connectivity index (χ1) is 18.5. The maximum Gasteiger partial charge on any atom is 0.260 e. The molecule has 2 aliphatic rings. The number of hydrogen-bond donors (Lipinski definition) is 2. The zero-order valence-corrected chi connectivity index (χ0v) is 21.7. The standard InChI is InChI=1S/C29H32N6O3/c1-18-12-20(26-5-3-4-19(2)32-26)6-7-24(18)25-13-21-14-31-29(33-22-16-37-17-22)34-27(21)35(28(25)36)10-8-23-15-30-9-11-38-23/h3-7,12-14,22-23,30H,8-11,15-17H2,1-2H3,(H,31,33,34). The van der Waals surface area contributed by atoms with Crippen LogP contribution in [0.25, 0.3) is 33.4 Å². The number of morpholine rings is 1. The van der Waals surface area contributed by atoms with Gasteiger partial charge < -0.3 is 20.1 Å². The number of fused-ring (bicyclic) bond motifs is 1. The Morgan fingerprint density at radius 3 is 2.74 bits per heavy atom. The third kappa shape index (κ3) is 5.05. The van der Waals surface area contributed by atoms with E-state index in [9.17, 15) is 4.79 Å². The van der Waals surface area contributed by atoms with Gasteiger partial charge in [0.1, 0.15) is 5.65 Å². The summed E-state index contributed by atoms with van der Waals surface area (Å²) in [5.41, 5.74) is 6.01. The van der Waals surface area contributed by atoms with Crippen molar-refractivity contribution in [2.24, 2.45) is 0 Å². The number of hydrogen-bond acceptors (Lipinski definition) is 8. The van der Waals surface area contributed by atoms with Crippen molar-refractivity contribution in [1.82, 2.24) is 24.8 Å². The van der Waals surface area contributed by atoms with E-state index < -0.39 is 0 Å². The van der Waals surface area contributed by atoms with Crippen LogP contribution in [0.15, 0.2) is 53.5 Å². The van der Waals surface area contributed by atoms with Gasteiger partial charge in [-0.15, -0.1) is 0 Å². The highest BCUT2D eigenvalue weighted by atomic mass is 16.5. The number of nitrogens with one attached hydrogen (secondary N) is 2. The number of rotatable bonds is 7. The molecule has 4 aromatic rings. The van der Waals surface area contributed by atoms with Crippen molar-refractivity contribution in [3.63, 3.8) is 0 Å². The molecule has 0 radical (unpaired) electrons. The topological polar surface area (TPSA) is 103 Å². The second-order valence-electron chi connectivity index (χ2n) is 10.0. The van der Waals surface area contributed by atoms with Crippen molar-refractivity contribution in [2.75, 3.05) is 38.2 Å². The summed E-state index contributed by atoms with van der Waals surface area (Å²) in [5.74, 6) is 0.508. The first-order valence-corrected chi connectivity index (χ1v) is 13.2. The molecule has 0 saturated carbocycles. The van der Waals surface area contributed by atoms with Crippen molar-refractivity contribution < 1.29 is 9.47 Å². The molecule has 9 nitrogen and oxygen atoms in total. The van der Waals surface area contributed by atoms with E-state index in [0.29, 0.717) is 49.9 Å². The van der Waals surface area contributed by atoms with Gasteiger partial charge in [-0.2, -0.15) is 4.98 Å². The first-order valence-electron chi connectivity index (χ1n) is 13.2. The minimum absolute atomic E-state index is 0.0590. The van der Waals surface area contributed by atoms with Gasteiger partial charge in [0, 0.05) is 48.0 Å². The van der Waals surface area contributed by atoms with Crippen LogP contribution < -0.4 is 16.2 Å². The SMILES string of the molecule is Cc1cccc(-c2ccc(-c3cc4cnc(NC5COC5)nc4n(CCC4CNCCO4)c3=O)c(C)c2)n1. The molecule has 9 heteroatoms. The molecule has 2 N–H and O–H groups in total. The summed E-state index contributed by atoms with van der Waals surface area (Å²) in [7, 11) is 0. The summed E-state index contributed by atoms with van der Waals surface area (Å²) in [6, 6.07) is 14.2. The Morgan fingerprint density at radius 2 is 2.00 bits per heavy atom. The third-order valence-corrected chi connectivity index (χ3v) is 7.18. The summed E-state index contributed by atoms with van der Waals surface area (Å²) >= 11 is 0. The molecule has 2 fully saturated rings. The number of ether oxygens (including phenoxy) is 2. The molecule has 3 aromatic heterocycles. The Bertz CT molecular complexity index is 1530. The number of anilines is 1. The molecule has 196 valence electrons. The molecule has 38 heavy (non-hydrogen) atoms. The molecule has 1 aromatic carbocycles. The summed E-state index contributed by atoms with van der Waals surface area (Å²) < 4.78 is 12.9. The van der Waals surface area contributed by atoms with Gasteiger partial charge >= 0.3 is 0 Å². The fourth-order valence-electron chi connectivity index (χ4n) is 5.04. The first kappa shape index (κ1) is 24.7. The molecule has 0 amide bonds. The van der Waals surface area contributed by atoms with Crippen molar-refractivity contribution in [3.8, 4) is 22.4 Å². The molecule has 5 heterocycles. The second-order valence-corrected chi connectivity index (χ2v) is 10.0. The Morgan fingerprint density at radius 1 is 1.11 bits per heavy atom. The molecular formula is C29H32N6O3. The van der Waals surface area contributed by atoms with Gasteiger partial charge in [0.05, 0.1) is 37.7 Å². The van der Waals surface area contributed by atoms with Gasteiger partial charge in [0.15, 0.2) is 0 Å². The van der Waals surface area contributed by atoms with Crippen LogP contribution in [0.4, 0.5) is 5.95 Å². The molecular weight excluding hydrogens is 480 g/mol. The minimum Gasteiger partial charge on any atom is -0.377 e. The van der Waals surface area contributed by atoms with Crippen LogP contribution in [0.5, 0.6) is 0 Å². The van der Waals surface area contributed by atoms with Crippen LogP contribution in [0.1, 0.15) is 17.7 Å². The highest BCUT2D eigenvalue weighted by Crippen LogP contribution is 2.28. The van der Waals surface area contributed by atoms with Crippen LogP contribution in [0, 0.1) is 13.8 Å². The summed E-state index contributed by atoms with van der Waals surface area (Å²) in [6.07, 6.45) is 2.57. The summed E-state index contributed by atoms with van der Waals surface area (Å²) in [4.78, 5) is 28.0. The van der Waals surface area contributed by atoms with E-state index in [0.717, 1.165) is 46.6 Å². The van der Waals surface area contributed by atoms with Gasteiger partial charge in [-0.3, -0.25) is 14.3 Å². The highest BCUT2D eigenvalue weighted by molar-refractivity contribution is 5.83. The van der Waals surface area contributed by atoms with Gasteiger partial charge in [0.25, 0.3) is 5.56 Å².